The molecule has 2 aromatic rings. The smallest absolute Gasteiger partial charge is 0.256 e. The molecule has 2 heterocycles. The lowest BCUT2D eigenvalue weighted by atomic mass is 9.97. The Morgan fingerprint density at radius 1 is 1.32 bits per heavy atom. The number of fused-ring (bicyclic) bond motifs is 1. The van der Waals surface area contributed by atoms with Gasteiger partial charge in [-0.1, -0.05) is 6.07 Å². The maximum Gasteiger partial charge on any atom is 0.256 e. The zero-order chi connectivity index (χ0) is 15.5. The molecular weight excluding hydrogens is 278 g/mol. The largest absolute Gasteiger partial charge is 0.385 e. The molecule has 2 N–H and O–H groups in total. The molecule has 3 rings (SSSR count). The van der Waals surface area contributed by atoms with Gasteiger partial charge in [0.15, 0.2) is 0 Å². The quantitative estimate of drug-likeness (QED) is 0.915. The third-order valence-corrected chi connectivity index (χ3v) is 3.92. The summed E-state index contributed by atoms with van der Waals surface area (Å²) in [5.74, 6) is -0.137. The third kappa shape index (κ3) is 2.74. The van der Waals surface area contributed by atoms with E-state index in [4.69, 9.17) is 0 Å². The second kappa shape index (κ2) is 6.05. The predicted octanol–water partition coefficient (Wildman–Crippen LogP) is 2.48. The SMILES string of the molecule is CCn1cc(NC(=O)c2cccc3c2CCCN3)ccc1=O. The van der Waals surface area contributed by atoms with Gasteiger partial charge in [-0.15, -0.1) is 0 Å². The zero-order valence-corrected chi connectivity index (χ0v) is 12.6. The first-order valence-corrected chi connectivity index (χ1v) is 7.56. The number of hydrogen-bond donors (Lipinski definition) is 2. The standard InChI is InChI=1S/C17H19N3O2/c1-2-20-11-12(8-9-16(20)21)19-17(22)14-5-3-7-15-13(14)6-4-10-18-15/h3,5,7-9,11,18H,2,4,6,10H2,1H3,(H,19,22). The number of aromatic nitrogens is 1. The topological polar surface area (TPSA) is 63.1 Å². The summed E-state index contributed by atoms with van der Waals surface area (Å²) in [5, 5.41) is 6.21. The van der Waals surface area contributed by atoms with E-state index in [2.05, 4.69) is 10.6 Å². The number of hydrogen-bond acceptors (Lipinski definition) is 3. The molecule has 0 saturated carbocycles. The number of aryl methyl sites for hydroxylation is 1. The fourth-order valence-electron chi connectivity index (χ4n) is 2.77. The number of rotatable bonds is 3. The van der Waals surface area contributed by atoms with Crippen LogP contribution in [0, 0.1) is 0 Å². The van der Waals surface area contributed by atoms with Crippen molar-refractivity contribution in [2.45, 2.75) is 26.3 Å². The monoisotopic (exact) mass is 297 g/mol. The Kier molecular flexibility index (Phi) is 3.96. The molecule has 5 heteroatoms. The Balaban J connectivity index is 1.88. The van der Waals surface area contributed by atoms with Gasteiger partial charge in [0.25, 0.3) is 11.5 Å². The Morgan fingerprint density at radius 2 is 2.18 bits per heavy atom. The van der Waals surface area contributed by atoms with Gasteiger partial charge in [0.05, 0.1) is 5.69 Å². The van der Waals surface area contributed by atoms with E-state index < -0.39 is 0 Å². The van der Waals surface area contributed by atoms with Gasteiger partial charge >= 0.3 is 0 Å². The fraction of sp³-hybridized carbons (Fsp3) is 0.294. The molecule has 0 radical (unpaired) electrons. The van der Waals surface area contributed by atoms with Crippen molar-refractivity contribution < 1.29 is 4.79 Å². The van der Waals surface area contributed by atoms with Crippen LogP contribution in [-0.4, -0.2) is 17.0 Å². The minimum absolute atomic E-state index is 0.0678. The van der Waals surface area contributed by atoms with E-state index in [0.29, 0.717) is 17.8 Å². The summed E-state index contributed by atoms with van der Waals surface area (Å²) < 4.78 is 1.57. The van der Waals surface area contributed by atoms with E-state index in [-0.39, 0.29) is 11.5 Å². The number of nitrogens with one attached hydrogen (secondary N) is 2. The molecule has 114 valence electrons. The Morgan fingerprint density at radius 3 is 3.00 bits per heavy atom. The zero-order valence-electron chi connectivity index (χ0n) is 12.6. The van der Waals surface area contributed by atoms with Gasteiger partial charge in [-0.05, 0) is 43.5 Å². The van der Waals surface area contributed by atoms with Gasteiger partial charge in [0.1, 0.15) is 0 Å². The molecule has 0 saturated heterocycles. The molecule has 5 nitrogen and oxygen atoms in total. The van der Waals surface area contributed by atoms with Crippen LogP contribution in [0.1, 0.15) is 29.3 Å². The maximum atomic E-state index is 12.5. The minimum Gasteiger partial charge on any atom is -0.385 e. The number of nitrogens with zero attached hydrogens (tertiary/aromatic N) is 1. The highest BCUT2D eigenvalue weighted by Crippen LogP contribution is 2.25. The normalized spacial score (nSPS) is 13.1. The van der Waals surface area contributed by atoms with Crippen LogP contribution < -0.4 is 16.2 Å². The van der Waals surface area contributed by atoms with Crippen LogP contribution >= 0.6 is 0 Å². The van der Waals surface area contributed by atoms with Crippen molar-refractivity contribution in [3.63, 3.8) is 0 Å². The summed E-state index contributed by atoms with van der Waals surface area (Å²) in [6, 6.07) is 8.85. The molecule has 0 bridgehead atoms. The Bertz CT molecular complexity index is 765. The highest BCUT2D eigenvalue weighted by atomic mass is 16.1. The molecule has 0 aliphatic carbocycles. The first-order chi connectivity index (χ1) is 10.7. The first kappa shape index (κ1) is 14.4. The number of benzene rings is 1. The van der Waals surface area contributed by atoms with Crippen LogP contribution in [0.4, 0.5) is 11.4 Å². The van der Waals surface area contributed by atoms with Crippen LogP contribution in [0.5, 0.6) is 0 Å². The minimum atomic E-state index is -0.137. The third-order valence-electron chi connectivity index (χ3n) is 3.92. The van der Waals surface area contributed by atoms with Crippen LogP contribution in [0.25, 0.3) is 0 Å². The lowest BCUT2D eigenvalue weighted by molar-refractivity contribution is 0.102. The number of carbonyl (C=O) groups is 1. The van der Waals surface area contributed by atoms with Crippen molar-refractivity contribution in [1.29, 1.82) is 0 Å². The highest BCUT2D eigenvalue weighted by molar-refractivity contribution is 6.06. The molecule has 0 spiro atoms. The van der Waals surface area contributed by atoms with Gasteiger partial charge in [0.2, 0.25) is 0 Å². The number of carbonyl (C=O) groups excluding carboxylic acids is 1. The van der Waals surface area contributed by atoms with E-state index in [1.807, 2.05) is 25.1 Å². The van der Waals surface area contributed by atoms with Crippen molar-refractivity contribution in [2.75, 3.05) is 17.2 Å². The number of amides is 1. The van der Waals surface area contributed by atoms with Crippen molar-refractivity contribution in [3.05, 3.63) is 58.0 Å². The summed E-state index contributed by atoms with van der Waals surface area (Å²) in [7, 11) is 0. The maximum absolute atomic E-state index is 12.5. The van der Waals surface area contributed by atoms with E-state index >= 15 is 0 Å². The highest BCUT2D eigenvalue weighted by Gasteiger charge is 2.17. The van der Waals surface area contributed by atoms with Crippen LogP contribution in [0.2, 0.25) is 0 Å². The van der Waals surface area contributed by atoms with Crippen LogP contribution in [-0.2, 0) is 13.0 Å². The van der Waals surface area contributed by atoms with Gasteiger partial charge in [0, 0.05) is 36.6 Å². The summed E-state index contributed by atoms with van der Waals surface area (Å²) in [5.41, 5.74) is 3.36. The molecule has 1 aromatic heterocycles. The molecule has 22 heavy (non-hydrogen) atoms. The molecule has 1 aromatic carbocycles. The van der Waals surface area contributed by atoms with E-state index in [1.165, 1.54) is 6.07 Å². The Hall–Kier alpha value is -2.56. The van der Waals surface area contributed by atoms with Gasteiger partial charge in [-0.25, -0.2) is 0 Å². The lowest BCUT2D eigenvalue weighted by Gasteiger charge is -2.20. The van der Waals surface area contributed by atoms with Crippen LogP contribution in [0.15, 0.2) is 41.3 Å². The second-order valence-corrected chi connectivity index (χ2v) is 5.36. The summed E-state index contributed by atoms with van der Waals surface area (Å²) in [6.45, 7) is 3.42. The lowest BCUT2D eigenvalue weighted by Crippen LogP contribution is -2.21. The van der Waals surface area contributed by atoms with Gasteiger partial charge in [-0.3, -0.25) is 9.59 Å². The molecule has 1 amide bonds. The molecular formula is C17H19N3O2. The van der Waals surface area contributed by atoms with Gasteiger partial charge < -0.3 is 15.2 Å². The summed E-state index contributed by atoms with van der Waals surface area (Å²) in [6.07, 6.45) is 3.60. The predicted molar refractivity (Wildman–Crippen MR) is 87.6 cm³/mol. The Labute approximate surface area is 129 Å². The average Bonchev–Trinajstić information content (AvgIpc) is 2.56. The molecule has 0 unspecified atom stereocenters. The van der Waals surface area contributed by atoms with E-state index in [0.717, 1.165) is 30.6 Å². The van der Waals surface area contributed by atoms with Crippen LogP contribution in [0.3, 0.4) is 0 Å². The molecule has 0 atom stereocenters. The van der Waals surface area contributed by atoms with E-state index in [1.54, 1.807) is 16.8 Å². The number of pyridine rings is 1. The van der Waals surface area contributed by atoms with Crippen molar-refractivity contribution in [1.82, 2.24) is 4.57 Å². The van der Waals surface area contributed by atoms with Gasteiger partial charge in [-0.2, -0.15) is 0 Å². The average molecular weight is 297 g/mol. The van der Waals surface area contributed by atoms with Crippen molar-refractivity contribution in [3.8, 4) is 0 Å². The summed E-state index contributed by atoms with van der Waals surface area (Å²) >= 11 is 0. The molecule has 0 fully saturated rings. The first-order valence-electron chi connectivity index (χ1n) is 7.56. The van der Waals surface area contributed by atoms with E-state index in [9.17, 15) is 9.59 Å². The van der Waals surface area contributed by atoms with Crippen molar-refractivity contribution in [2.24, 2.45) is 0 Å². The summed E-state index contributed by atoms with van der Waals surface area (Å²) in [4.78, 5) is 24.1. The molecule has 1 aliphatic heterocycles. The number of anilines is 2. The fourth-order valence-corrected chi connectivity index (χ4v) is 2.77. The van der Waals surface area contributed by atoms with Crippen molar-refractivity contribution >= 4 is 17.3 Å². The molecule has 1 aliphatic rings. The second-order valence-electron chi connectivity index (χ2n) is 5.36.